The molecule has 1 aromatic carbocycles. The van der Waals surface area contributed by atoms with Gasteiger partial charge in [0.25, 0.3) is 0 Å². The number of hydrogen-bond donors (Lipinski definition) is 2. The maximum Gasteiger partial charge on any atom is 0.303 e. The van der Waals surface area contributed by atoms with E-state index in [0.717, 1.165) is 24.0 Å². The molecular formula is C12H14O3. The van der Waals surface area contributed by atoms with Crippen molar-refractivity contribution in [1.29, 1.82) is 0 Å². The fourth-order valence-electron chi connectivity index (χ4n) is 2.06. The summed E-state index contributed by atoms with van der Waals surface area (Å²) in [4.78, 5) is 10.4. The highest BCUT2D eigenvalue weighted by molar-refractivity contribution is 5.67. The molecule has 0 saturated heterocycles. The molecule has 3 heteroatoms. The zero-order valence-electron chi connectivity index (χ0n) is 8.44. The highest BCUT2D eigenvalue weighted by atomic mass is 16.4. The van der Waals surface area contributed by atoms with Crippen LogP contribution in [0.1, 0.15) is 35.6 Å². The number of carboxylic acids is 1. The van der Waals surface area contributed by atoms with Crippen molar-refractivity contribution in [3.05, 3.63) is 34.9 Å². The van der Waals surface area contributed by atoms with Gasteiger partial charge in [-0.1, -0.05) is 18.2 Å². The second-order valence-corrected chi connectivity index (χ2v) is 3.98. The molecule has 1 aromatic rings. The number of hydrogen-bond acceptors (Lipinski definition) is 2. The first-order valence-electron chi connectivity index (χ1n) is 5.18. The van der Waals surface area contributed by atoms with Gasteiger partial charge >= 0.3 is 5.97 Å². The van der Waals surface area contributed by atoms with Crippen LogP contribution in [0.15, 0.2) is 18.2 Å². The lowest BCUT2D eigenvalue weighted by molar-refractivity contribution is -0.136. The van der Waals surface area contributed by atoms with Crippen molar-refractivity contribution in [1.82, 2.24) is 0 Å². The number of aliphatic hydroxyl groups is 1. The summed E-state index contributed by atoms with van der Waals surface area (Å²) >= 11 is 0. The number of aliphatic carboxylic acids is 1. The molecular weight excluding hydrogens is 192 g/mol. The van der Waals surface area contributed by atoms with E-state index in [1.807, 2.05) is 18.2 Å². The van der Waals surface area contributed by atoms with E-state index < -0.39 is 5.97 Å². The van der Waals surface area contributed by atoms with Gasteiger partial charge in [0, 0.05) is 6.42 Å². The maximum absolute atomic E-state index is 10.4. The first-order chi connectivity index (χ1) is 7.16. The first kappa shape index (κ1) is 10.2. The SMILES string of the molecule is O=C(O)CCc1ccc2c(c1)CCC2O. The Bertz CT molecular complexity index is 384. The van der Waals surface area contributed by atoms with Gasteiger partial charge in [-0.2, -0.15) is 0 Å². The van der Waals surface area contributed by atoms with Crippen LogP contribution in [0.2, 0.25) is 0 Å². The Kier molecular flexibility index (Phi) is 2.73. The van der Waals surface area contributed by atoms with Crippen molar-refractivity contribution in [2.75, 3.05) is 0 Å². The zero-order valence-corrected chi connectivity index (χ0v) is 8.44. The molecule has 0 aromatic heterocycles. The lowest BCUT2D eigenvalue weighted by Crippen LogP contribution is -1.98. The molecule has 0 spiro atoms. The summed E-state index contributed by atoms with van der Waals surface area (Å²) in [7, 11) is 0. The molecule has 1 aliphatic rings. The number of carbonyl (C=O) groups is 1. The third kappa shape index (κ3) is 2.18. The molecule has 2 rings (SSSR count). The van der Waals surface area contributed by atoms with Crippen LogP contribution < -0.4 is 0 Å². The third-order valence-corrected chi connectivity index (χ3v) is 2.88. The maximum atomic E-state index is 10.4. The Morgan fingerprint density at radius 3 is 3.00 bits per heavy atom. The molecule has 0 radical (unpaired) electrons. The number of fused-ring (bicyclic) bond motifs is 1. The lowest BCUT2D eigenvalue weighted by atomic mass is 10.0. The third-order valence-electron chi connectivity index (χ3n) is 2.88. The minimum Gasteiger partial charge on any atom is -0.481 e. The number of aryl methyl sites for hydroxylation is 2. The Balaban J connectivity index is 2.12. The van der Waals surface area contributed by atoms with E-state index in [2.05, 4.69) is 0 Å². The van der Waals surface area contributed by atoms with Crippen LogP contribution >= 0.6 is 0 Å². The molecule has 3 nitrogen and oxygen atoms in total. The first-order valence-corrected chi connectivity index (χ1v) is 5.18. The smallest absolute Gasteiger partial charge is 0.303 e. The van der Waals surface area contributed by atoms with Gasteiger partial charge < -0.3 is 10.2 Å². The van der Waals surface area contributed by atoms with Gasteiger partial charge in [-0.3, -0.25) is 4.79 Å². The molecule has 0 saturated carbocycles. The summed E-state index contributed by atoms with van der Waals surface area (Å²) in [6, 6.07) is 5.86. The molecule has 0 bridgehead atoms. The summed E-state index contributed by atoms with van der Waals surface area (Å²) in [5.74, 6) is -0.768. The molecule has 0 aliphatic heterocycles. The highest BCUT2D eigenvalue weighted by Crippen LogP contribution is 2.31. The Hall–Kier alpha value is -1.35. The monoisotopic (exact) mass is 206 g/mol. The van der Waals surface area contributed by atoms with Crippen molar-refractivity contribution in [2.45, 2.75) is 31.8 Å². The van der Waals surface area contributed by atoms with E-state index in [4.69, 9.17) is 5.11 Å². The van der Waals surface area contributed by atoms with E-state index in [1.165, 1.54) is 5.56 Å². The number of benzene rings is 1. The summed E-state index contributed by atoms with van der Waals surface area (Å²) in [6.07, 6.45) is 2.10. The van der Waals surface area contributed by atoms with Crippen LogP contribution in [0.25, 0.3) is 0 Å². The van der Waals surface area contributed by atoms with Crippen molar-refractivity contribution < 1.29 is 15.0 Å². The van der Waals surface area contributed by atoms with Crippen LogP contribution in [-0.4, -0.2) is 16.2 Å². The highest BCUT2D eigenvalue weighted by Gasteiger charge is 2.19. The summed E-state index contributed by atoms with van der Waals surface area (Å²) in [5.41, 5.74) is 3.23. The van der Waals surface area contributed by atoms with Gasteiger partial charge in [0.2, 0.25) is 0 Å². The summed E-state index contributed by atoms with van der Waals surface area (Å²) < 4.78 is 0. The van der Waals surface area contributed by atoms with Gasteiger partial charge in [0.1, 0.15) is 0 Å². The zero-order chi connectivity index (χ0) is 10.8. The average Bonchev–Trinajstić information content (AvgIpc) is 2.57. The van der Waals surface area contributed by atoms with Crippen LogP contribution in [0.5, 0.6) is 0 Å². The van der Waals surface area contributed by atoms with E-state index in [0.29, 0.717) is 6.42 Å². The predicted octanol–water partition coefficient (Wildman–Crippen LogP) is 1.68. The molecule has 1 atom stereocenters. The van der Waals surface area contributed by atoms with Crippen LogP contribution in [0.3, 0.4) is 0 Å². The second-order valence-electron chi connectivity index (χ2n) is 3.98. The van der Waals surface area contributed by atoms with Gasteiger partial charge in [-0.05, 0) is 36.0 Å². The molecule has 0 amide bonds. The molecule has 0 heterocycles. The Labute approximate surface area is 88.4 Å². The number of carboxylic acid groups (broad SMARTS) is 1. The van der Waals surface area contributed by atoms with Gasteiger partial charge in [-0.25, -0.2) is 0 Å². The van der Waals surface area contributed by atoms with Crippen molar-refractivity contribution in [3.8, 4) is 0 Å². The largest absolute Gasteiger partial charge is 0.481 e. The second kappa shape index (κ2) is 4.03. The summed E-state index contributed by atoms with van der Waals surface area (Å²) in [6.45, 7) is 0. The molecule has 1 unspecified atom stereocenters. The van der Waals surface area contributed by atoms with Crippen molar-refractivity contribution >= 4 is 5.97 Å². The predicted molar refractivity (Wildman–Crippen MR) is 55.7 cm³/mol. The number of rotatable bonds is 3. The van der Waals surface area contributed by atoms with E-state index in [9.17, 15) is 9.90 Å². The van der Waals surface area contributed by atoms with Crippen molar-refractivity contribution in [2.24, 2.45) is 0 Å². The standard InChI is InChI=1S/C12H14O3/c13-11-5-3-9-7-8(1-4-10(9)11)2-6-12(14)15/h1,4,7,11,13H,2-3,5-6H2,(H,14,15). The normalized spacial score (nSPS) is 18.9. The minimum atomic E-state index is -0.768. The summed E-state index contributed by atoms with van der Waals surface area (Å²) in [5, 5.41) is 18.2. The van der Waals surface area contributed by atoms with Crippen LogP contribution in [0, 0.1) is 0 Å². The fourth-order valence-corrected chi connectivity index (χ4v) is 2.06. The molecule has 0 fully saturated rings. The minimum absolute atomic E-state index is 0.168. The Morgan fingerprint density at radius 1 is 1.47 bits per heavy atom. The van der Waals surface area contributed by atoms with E-state index in [1.54, 1.807) is 0 Å². The van der Waals surface area contributed by atoms with Crippen LogP contribution in [-0.2, 0) is 17.6 Å². The van der Waals surface area contributed by atoms with Gasteiger partial charge in [0.05, 0.1) is 6.10 Å². The van der Waals surface area contributed by atoms with Crippen LogP contribution in [0.4, 0.5) is 0 Å². The quantitative estimate of drug-likeness (QED) is 0.791. The van der Waals surface area contributed by atoms with Gasteiger partial charge in [0.15, 0.2) is 0 Å². The fraction of sp³-hybridized carbons (Fsp3) is 0.417. The van der Waals surface area contributed by atoms with Gasteiger partial charge in [-0.15, -0.1) is 0 Å². The number of aliphatic hydroxyl groups excluding tert-OH is 1. The molecule has 2 N–H and O–H groups in total. The molecule has 80 valence electrons. The average molecular weight is 206 g/mol. The molecule has 1 aliphatic carbocycles. The topological polar surface area (TPSA) is 57.5 Å². The Morgan fingerprint density at radius 2 is 2.27 bits per heavy atom. The van der Waals surface area contributed by atoms with E-state index >= 15 is 0 Å². The van der Waals surface area contributed by atoms with Crippen molar-refractivity contribution in [3.63, 3.8) is 0 Å². The molecule has 15 heavy (non-hydrogen) atoms. The lowest BCUT2D eigenvalue weighted by Gasteiger charge is -2.05. The van der Waals surface area contributed by atoms with E-state index in [-0.39, 0.29) is 12.5 Å².